The van der Waals surface area contributed by atoms with Crippen LogP contribution in [0.3, 0.4) is 0 Å². The van der Waals surface area contributed by atoms with Gasteiger partial charge in [-0.15, -0.1) is 0 Å². The number of amides is 1. The zero-order chi connectivity index (χ0) is 15.4. The molecule has 0 aliphatic heterocycles. The zero-order valence-electron chi connectivity index (χ0n) is 11.9. The van der Waals surface area contributed by atoms with Crippen molar-refractivity contribution in [2.24, 2.45) is 5.73 Å². The average Bonchev–Trinajstić information content (AvgIpc) is 2.29. The molecule has 7 heteroatoms. The maximum Gasteiger partial charge on any atom is 0.243 e. The summed E-state index contributed by atoms with van der Waals surface area (Å²) in [5.74, 6) is -0.232. The van der Waals surface area contributed by atoms with E-state index in [4.69, 9.17) is 5.73 Å². The number of anilines is 2. The van der Waals surface area contributed by atoms with Crippen molar-refractivity contribution in [1.82, 2.24) is 0 Å². The number of carbonyl (C=O) groups is 1. The first kappa shape index (κ1) is 16.5. The van der Waals surface area contributed by atoms with Crippen LogP contribution >= 0.6 is 0 Å². The minimum absolute atomic E-state index is 0.0762. The van der Waals surface area contributed by atoms with Crippen LogP contribution in [-0.2, 0) is 14.8 Å². The SMILES string of the molecule is CCCS(=O)(=O)Nc1ccc(NC(=O)C(C)(C)N)cc1. The van der Waals surface area contributed by atoms with E-state index in [9.17, 15) is 13.2 Å². The van der Waals surface area contributed by atoms with Gasteiger partial charge in [-0.05, 0) is 44.5 Å². The van der Waals surface area contributed by atoms with Crippen LogP contribution in [0.1, 0.15) is 27.2 Å². The number of nitrogens with two attached hydrogens (primary N) is 1. The van der Waals surface area contributed by atoms with Gasteiger partial charge in [-0.3, -0.25) is 9.52 Å². The summed E-state index contributed by atoms with van der Waals surface area (Å²) in [6, 6.07) is 6.42. The molecule has 0 aliphatic carbocycles. The molecule has 0 aromatic heterocycles. The van der Waals surface area contributed by atoms with Crippen molar-refractivity contribution < 1.29 is 13.2 Å². The Kier molecular flexibility index (Phi) is 5.13. The maximum absolute atomic E-state index is 11.7. The van der Waals surface area contributed by atoms with Gasteiger partial charge in [-0.25, -0.2) is 8.42 Å². The van der Waals surface area contributed by atoms with Crippen molar-refractivity contribution in [3.8, 4) is 0 Å². The van der Waals surface area contributed by atoms with Crippen molar-refractivity contribution in [3.63, 3.8) is 0 Å². The highest BCUT2D eigenvalue weighted by atomic mass is 32.2. The molecule has 0 atom stereocenters. The highest BCUT2D eigenvalue weighted by Gasteiger charge is 2.21. The van der Waals surface area contributed by atoms with Crippen LogP contribution in [0, 0.1) is 0 Å². The van der Waals surface area contributed by atoms with E-state index in [1.165, 1.54) is 0 Å². The lowest BCUT2D eigenvalue weighted by Crippen LogP contribution is -2.45. The molecule has 0 aliphatic rings. The quantitative estimate of drug-likeness (QED) is 0.741. The van der Waals surface area contributed by atoms with E-state index in [1.54, 1.807) is 45.0 Å². The molecule has 6 nitrogen and oxygen atoms in total. The van der Waals surface area contributed by atoms with Gasteiger partial charge >= 0.3 is 0 Å². The molecule has 112 valence electrons. The molecule has 0 heterocycles. The van der Waals surface area contributed by atoms with E-state index >= 15 is 0 Å². The monoisotopic (exact) mass is 299 g/mol. The molecule has 0 bridgehead atoms. The first-order valence-corrected chi connectivity index (χ1v) is 8.00. The summed E-state index contributed by atoms with van der Waals surface area (Å²) in [7, 11) is -3.30. The van der Waals surface area contributed by atoms with Gasteiger partial charge in [0.05, 0.1) is 11.3 Å². The fourth-order valence-corrected chi connectivity index (χ4v) is 2.55. The molecule has 4 N–H and O–H groups in total. The highest BCUT2D eigenvalue weighted by molar-refractivity contribution is 7.92. The lowest BCUT2D eigenvalue weighted by molar-refractivity contribution is -0.120. The maximum atomic E-state index is 11.7. The Labute approximate surface area is 119 Å². The van der Waals surface area contributed by atoms with Gasteiger partial charge in [0.1, 0.15) is 0 Å². The summed E-state index contributed by atoms with van der Waals surface area (Å²) < 4.78 is 25.7. The van der Waals surface area contributed by atoms with Gasteiger partial charge in [-0.1, -0.05) is 6.92 Å². The number of nitrogens with one attached hydrogen (secondary N) is 2. The van der Waals surface area contributed by atoms with Gasteiger partial charge in [0, 0.05) is 11.4 Å². The Morgan fingerprint density at radius 2 is 1.70 bits per heavy atom. The molecule has 0 spiro atoms. The van der Waals surface area contributed by atoms with E-state index < -0.39 is 15.6 Å². The summed E-state index contributed by atoms with van der Waals surface area (Å²) in [6.45, 7) is 5.01. The predicted octanol–water partition coefficient (Wildman–Crippen LogP) is 1.51. The van der Waals surface area contributed by atoms with Gasteiger partial charge in [0.2, 0.25) is 15.9 Å². The summed E-state index contributed by atoms with van der Waals surface area (Å²) in [4.78, 5) is 11.7. The second-order valence-corrected chi connectivity index (χ2v) is 7.02. The van der Waals surface area contributed by atoms with E-state index in [0.29, 0.717) is 17.8 Å². The molecule has 20 heavy (non-hydrogen) atoms. The molecule has 0 saturated heterocycles. The van der Waals surface area contributed by atoms with E-state index in [1.807, 2.05) is 0 Å². The molecule has 0 radical (unpaired) electrons. The zero-order valence-corrected chi connectivity index (χ0v) is 12.8. The second-order valence-electron chi connectivity index (χ2n) is 5.17. The summed E-state index contributed by atoms with van der Waals surface area (Å²) in [5, 5.41) is 2.66. The van der Waals surface area contributed by atoms with Gasteiger partial charge < -0.3 is 11.1 Å². The van der Waals surface area contributed by atoms with Crippen LogP contribution < -0.4 is 15.8 Å². The first-order chi connectivity index (χ1) is 9.14. The number of rotatable bonds is 6. The normalized spacial score (nSPS) is 12.0. The van der Waals surface area contributed by atoms with Crippen LogP contribution in [0.2, 0.25) is 0 Å². The largest absolute Gasteiger partial charge is 0.325 e. The van der Waals surface area contributed by atoms with E-state index in [-0.39, 0.29) is 11.7 Å². The highest BCUT2D eigenvalue weighted by Crippen LogP contribution is 2.16. The van der Waals surface area contributed by atoms with Crippen molar-refractivity contribution >= 4 is 27.3 Å². The van der Waals surface area contributed by atoms with Crippen LogP contribution in [0.15, 0.2) is 24.3 Å². The van der Waals surface area contributed by atoms with E-state index in [0.717, 1.165) is 0 Å². The molecule has 1 amide bonds. The minimum atomic E-state index is -3.30. The third kappa shape index (κ3) is 5.18. The standard InChI is InChI=1S/C13H21N3O3S/c1-4-9-20(18,19)16-11-7-5-10(6-8-11)15-12(17)13(2,3)14/h5-8,16H,4,9,14H2,1-3H3,(H,15,17). The van der Waals surface area contributed by atoms with Crippen molar-refractivity contribution in [2.45, 2.75) is 32.7 Å². The lowest BCUT2D eigenvalue weighted by atomic mass is 10.1. The topological polar surface area (TPSA) is 101 Å². The minimum Gasteiger partial charge on any atom is -0.325 e. The summed E-state index contributed by atoms with van der Waals surface area (Å²) in [6.07, 6.45) is 0.551. The number of hydrogen-bond donors (Lipinski definition) is 3. The summed E-state index contributed by atoms with van der Waals surface area (Å²) >= 11 is 0. The summed E-state index contributed by atoms with van der Waals surface area (Å²) in [5.41, 5.74) is 5.72. The third-order valence-electron chi connectivity index (χ3n) is 2.47. The van der Waals surface area contributed by atoms with Crippen molar-refractivity contribution in [1.29, 1.82) is 0 Å². The molecular weight excluding hydrogens is 278 g/mol. The molecule has 0 saturated carbocycles. The second kappa shape index (κ2) is 6.23. The molecule has 0 fully saturated rings. The number of carbonyl (C=O) groups excluding carboxylic acids is 1. The van der Waals surface area contributed by atoms with Crippen LogP contribution in [0.5, 0.6) is 0 Å². The fourth-order valence-electron chi connectivity index (χ4n) is 1.41. The first-order valence-electron chi connectivity index (χ1n) is 6.35. The fraction of sp³-hybridized carbons (Fsp3) is 0.462. The van der Waals surface area contributed by atoms with Crippen LogP contribution in [0.4, 0.5) is 11.4 Å². The number of sulfonamides is 1. The Bertz CT molecular complexity index is 560. The van der Waals surface area contributed by atoms with Crippen LogP contribution in [-0.4, -0.2) is 25.6 Å². The lowest BCUT2D eigenvalue weighted by Gasteiger charge is -2.17. The Morgan fingerprint density at radius 1 is 1.20 bits per heavy atom. The van der Waals surface area contributed by atoms with Crippen molar-refractivity contribution in [3.05, 3.63) is 24.3 Å². The average molecular weight is 299 g/mol. The van der Waals surface area contributed by atoms with Crippen molar-refractivity contribution in [2.75, 3.05) is 15.8 Å². The smallest absolute Gasteiger partial charge is 0.243 e. The Balaban J connectivity index is 2.73. The molecule has 1 rings (SSSR count). The predicted molar refractivity (Wildman–Crippen MR) is 81.0 cm³/mol. The van der Waals surface area contributed by atoms with Gasteiger partial charge in [0.15, 0.2) is 0 Å². The Hall–Kier alpha value is -1.60. The van der Waals surface area contributed by atoms with E-state index in [2.05, 4.69) is 10.0 Å². The number of benzene rings is 1. The third-order valence-corrected chi connectivity index (χ3v) is 3.97. The number of hydrogen-bond acceptors (Lipinski definition) is 4. The molecular formula is C13H21N3O3S. The Morgan fingerprint density at radius 3 is 2.15 bits per heavy atom. The van der Waals surface area contributed by atoms with Gasteiger partial charge in [-0.2, -0.15) is 0 Å². The van der Waals surface area contributed by atoms with Gasteiger partial charge in [0.25, 0.3) is 0 Å². The molecule has 1 aromatic carbocycles. The van der Waals surface area contributed by atoms with Crippen LogP contribution in [0.25, 0.3) is 0 Å². The molecule has 0 unspecified atom stereocenters. The molecule has 1 aromatic rings.